The first kappa shape index (κ1) is 34.3. The predicted octanol–water partition coefficient (Wildman–Crippen LogP) is 8.73. The minimum Gasteiger partial charge on any atom is -0.331 e. The molecule has 10 nitrogen and oxygen atoms in total. The topological polar surface area (TPSA) is 121 Å². The number of hydrogen-bond acceptors (Lipinski definition) is 7. The maximum absolute atomic E-state index is 13.6. The fourth-order valence-corrected chi connectivity index (χ4v) is 6.98. The van der Waals surface area contributed by atoms with E-state index < -0.39 is 7.82 Å². The molecular formula is C38H41N4O6P. The van der Waals surface area contributed by atoms with Gasteiger partial charge in [0.05, 0.1) is 49.7 Å². The van der Waals surface area contributed by atoms with Gasteiger partial charge < -0.3 is 10.6 Å². The predicted molar refractivity (Wildman–Crippen MR) is 189 cm³/mol. The van der Waals surface area contributed by atoms with Crippen LogP contribution in [0.5, 0.6) is 0 Å². The van der Waals surface area contributed by atoms with Crippen molar-refractivity contribution in [3.63, 3.8) is 0 Å². The number of aryl methyl sites for hydroxylation is 1. The van der Waals surface area contributed by atoms with E-state index in [2.05, 4.69) is 54.7 Å². The number of nitrogens with zero attached hydrogens (tertiary/aromatic N) is 2. The number of benzene rings is 4. The van der Waals surface area contributed by atoms with Gasteiger partial charge in [0, 0.05) is 5.39 Å². The summed E-state index contributed by atoms with van der Waals surface area (Å²) in [4.78, 5) is 26.4. The van der Waals surface area contributed by atoms with Gasteiger partial charge in [0.15, 0.2) is 0 Å². The third kappa shape index (κ3) is 8.53. The third-order valence-electron chi connectivity index (χ3n) is 8.52. The van der Waals surface area contributed by atoms with E-state index in [0.29, 0.717) is 16.6 Å². The number of aromatic nitrogens is 2. The van der Waals surface area contributed by atoms with Gasteiger partial charge in [-0.25, -0.2) is 9.36 Å². The van der Waals surface area contributed by atoms with Crippen molar-refractivity contribution in [3.05, 3.63) is 131 Å². The van der Waals surface area contributed by atoms with Crippen LogP contribution in [0.15, 0.2) is 103 Å². The summed E-state index contributed by atoms with van der Waals surface area (Å²) >= 11 is 0. The van der Waals surface area contributed by atoms with E-state index >= 15 is 0 Å². The van der Waals surface area contributed by atoms with Crippen LogP contribution in [0, 0.1) is 0 Å². The van der Waals surface area contributed by atoms with Crippen LogP contribution >= 0.6 is 7.82 Å². The zero-order valence-electron chi connectivity index (χ0n) is 27.9. The second-order valence-corrected chi connectivity index (χ2v) is 14.8. The second kappa shape index (κ2) is 14.9. The minimum absolute atomic E-state index is 0.0133. The number of nitrogens with one attached hydrogen (secondary N) is 2. The Bertz CT molecular complexity index is 1930. The summed E-state index contributed by atoms with van der Waals surface area (Å²) in [6.07, 6.45) is 3.14. The quantitative estimate of drug-likeness (QED) is 0.126. The van der Waals surface area contributed by atoms with Gasteiger partial charge in [0.2, 0.25) is 5.91 Å². The SMILES string of the molecule is CC(C)(C)c1ccc2c(c1)CC[C@H]2NC(=O)Nc1cccc2c1cnn2C(=O)CCOP(=O)(OCc1ccccc1)OCc1ccccc1. The number of rotatable bonds is 12. The number of carbonyl (C=O) groups excluding carboxylic acids is 2. The molecule has 5 aromatic rings. The largest absolute Gasteiger partial charge is 0.475 e. The van der Waals surface area contributed by atoms with Crippen molar-refractivity contribution in [1.29, 1.82) is 0 Å². The van der Waals surface area contributed by atoms with Crippen molar-refractivity contribution in [2.24, 2.45) is 0 Å². The van der Waals surface area contributed by atoms with Crippen molar-refractivity contribution >= 4 is 36.4 Å². The summed E-state index contributed by atoms with van der Waals surface area (Å²) < 4.78 is 31.8. The van der Waals surface area contributed by atoms with E-state index in [9.17, 15) is 14.2 Å². The van der Waals surface area contributed by atoms with Gasteiger partial charge in [0.25, 0.3) is 0 Å². The molecule has 0 radical (unpaired) electrons. The van der Waals surface area contributed by atoms with Crippen LogP contribution in [-0.2, 0) is 43.2 Å². The smallest absolute Gasteiger partial charge is 0.331 e. The van der Waals surface area contributed by atoms with Crippen LogP contribution in [0.2, 0.25) is 0 Å². The Labute approximate surface area is 286 Å². The van der Waals surface area contributed by atoms with E-state index in [1.54, 1.807) is 24.4 Å². The molecule has 2 N–H and O–H groups in total. The Kier molecular flexibility index (Phi) is 10.4. The minimum atomic E-state index is -4.03. The molecule has 6 rings (SSSR count). The van der Waals surface area contributed by atoms with Gasteiger partial charge in [-0.2, -0.15) is 9.78 Å². The van der Waals surface area contributed by atoms with Crippen molar-refractivity contribution in [2.75, 3.05) is 11.9 Å². The van der Waals surface area contributed by atoms with Crippen LogP contribution in [0.3, 0.4) is 0 Å². The summed E-state index contributed by atoms with van der Waals surface area (Å²) in [6.45, 7) is 6.39. The molecule has 0 aliphatic heterocycles. The molecule has 49 heavy (non-hydrogen) atoms. The monoisotopic (exact) mass is 680 g/mol. The van der Waals surface area contributed by atoms with Gasteiger partial charge in [-0.05, 0) is 58.2 Å². The number of anilines is 1. The average Bonchev–Trinajstić information content (AvgIpc) is 3.72. The molecule has 4 aromatic carbocycles. The van der Waals surface area contributed by atoms with Crippen LogP contribution in [0.25, 0.3) is 10.9 Å². The zero-order valence-corrected chi connectivity index (χ0v) is 28.8. The lowest BCUT2D eigenvalue weighted by atomic mass is 9.85. The molecule has 1 atom stereocenters. The first-order valence-electron chi connectivity index (χ1n) is 16.4. The fraction of sp³-hybridized carbons (Fsp3) is 0.289. The molecular weight excluding hydrogens is 639 g/mol. The Morgan fingerprint density at radius 3 is 2.20 bits per heavy atom. The van der Waals surface area contributed by atoms with Crippen LogP contribution in [0.4, 0.5) is 10.5 Å². The van der Waals surface area contributed by atoms with Crippen molar-refractivity contribution < 1.29 is 27.7 Å². The van der Waals surface area contributed by atoms with Crippen LogP contribution in [-0.4, -0.2) is 28.3 Å². The summed E-state index contributed by atoms with van der Waals surface area (Å²) in [5, 5.41) is 11.0. The zero-order chi connectivity index (χ0) is 34.4. The molecule has 0 saturated carbocycles. The number of phosphoric ester groups is 1. The van der Waals surface area contributed by atoms with E-state index in [1.165, 1.54) is 15.8 Å². The highest BCUT2D eigenvalue weighted by Crippen LogP contribution is 2.51. The summed E-state index contributed by atoms with van der Waals surface area (Å²) in [5.74, 6) is -0.383. The van der Waals surface area contributed by atoms with Crippen LogP contribution < -0.4 is 10.6 Å². The molecule has 254 valence electrons. The standard InChI is InChI=1S/C38H41N4O6P/c1-38(2,3)30-18-19-31-29(23-30)17-20-34(31)41-37(44)40-33-15-10-16-35-32(33)24-39-42(35)36(43)21-22-46-49(45,47-25-27-11-6-4-7-12-27)48-26-28-13-8-5-9-14-28/h4-16,18-19,23-24,34H,17,20-22,25-26H2,1-3H3,(H2,40,41,44)/t34-/m1/s1. The number of hydrogen-bond donors (Lipinski definition) is 2. The molecule has 0 bridgehead atoms. The molecule has 1 aliphatic carbocycles. The first-order chi connectivity index (χ1) is 23.6. The number of phosphoric acid groups is 1. The molecule has 1 heterocycles. The second-order valence-electron chi connectivity index (χ2n) is 13.1. The van der Waals surface area contributed by atoms with Gasteiger partial charge in [-0.1, -0.05) is 106 Å². The fourth-order valence-electron chi connectivity index (χ4n) is 5.83. The number of carbonyl (C=O) groups is 2. The first-order valence-corrected chi connectivity index (χ1v) is 17.9. The van der Waals surface area contributed by atoms with E-state index in [1.807, 2.05) is 60.7 Å². The number of fused-ring (bicyclic) bond motifs is 2. The Morgan fingerprint density at radius 2 is 1.55 bits per heavy atom. The molecule has 1 aliphatic rings. The molecule has 0 saturated heterocycles. The van der Waals surface area contributed by atoms with Crippen molar-refractivity contribution in [1.82, 2.24) is 15.1 Å². The van der Waals surface area contributed by atoms with Crippen molar-refractivity contribution in [3.8, 4) is 0 Å². The highest BCUT2D eigenvalue weighted by molar-refractivity contribution is 7.48. The van der Waals surface area contributed by atoms with Gasteiger partial charge in [-0.3, -0.25) is 18.4 Å². The van der Waals surface area contributed by atoms with Crippen molar-refractivity contribution in [2.45, 2.75) is 64.7 Å². The molecule has 0 fully saturated rings. The average molecular weight is 681 g/mol. The lowest BCUT2D eigenvalue weighted by Gasteiger charge is -2.21. The van der Waals surface area contributed by atoms with E-state index in [-0.39, 0.29) is 49.6 Å². The van der Waals surface area contributed by atoms with Crippen LogP contribution in [0.1, 0.15) is 72.3 Å². The number of urea groups is 1. The summed E-state index contributed by atoms with van der Waals surface area (Å²) in [6, 6.07) is 29.9. The number of amides is 2. The van der Waals surface area contributed by atoms with Gasteiger partial charge in [0.1, 0.15) is 0 Å². The lowest BCUT2D eigenvalue weighted by molar-refractivity contribution is 0.0806. The molecule has 2 amide bonds. The summed E-state index contributed by atoms with van der Waals surface area (Å²) in [7, 11) is -4.03. The molecule has 11 heteroatoms. The van der Waals surface area contributed by atoms with Gasteiger partial charge in [-0.15, -0.1) is 0 Å². The molecule has 0 unspecified atom stereocenters. The highest BCUT2D eigenvalue weighted by Gasteiger charge is 2.29. The molecule has 1 aromatic heterocycles. The molecule has 0 spiro atoms. The maximum Gasteiger partial charge on any atom is 0.475 e. The Hall–Kier alpha value is -4.60. The Balaban J connectivity index is 1.07. The van der Waals surface area contributed by atoms with E-state index in [4.69, 9.17) is 13.6 Å². The van der Waals surface area contributed by atoms with E-state index in [0.717, 1.165) is 29.5 Å². The lowest BCUT2D eigenvalue weighted by Crippen LogP contribution is -2.31. The highest BCUT2D eigenvalue weighted by atomic mass is 31.2. The third-order valence-corrected chi connectivity index (χ3v) is 9.91. The Morgan fingerprint density at radius 1 is 0.878 bits per heavy atom. The normalized spacial score (nSPS) is 14.5. The van der Waals surface area contributed by atoms with Gasteiger partial charge >= 0.3 is 13.9 Å². The summed E-state index contributed by atoms with van der Waals surface area (Å²) in [5.41, 5.74) is 6.40. The maximum atomic E-state index is 13.6.